The van der Waals surface area contributed by atoms with Crippen molar-refractivity contribution in [2.45, 2.75) is 25.8 Å². The second-order valence-electron chi connectivity index (χ2n) is 7.20. The van der Waals surface area contributed by atoms with Crippen molar-refractivity contribution in [3.63, 3.8) is 0 Å². The molecule has 2 aromatic carbocycles. The van der Waals surface area contributed by atoms with Crippen molar-refractivity contribution < 1.29 is 13.9 Å². The van der Waals surface area contributed by atoms with Crippen molar-refractivity contribution >= 4 is 5.96 Å². The molecule has 1 heterocycles. The predicted molar refractivity (Wildman–Crippen MR) is 124 cm³/mol. The lowest BCUT2D eigenvalue weighted by molar-refractivity contribution is 0.354. The molecule has 3 rings (SSSR count). The Kier molecular flexibility index (Phi) is 8.40. The second kappa shape index (κ2) is 11.7. The Labute approximate surface area is 184 Å². The number of hydrogen-bond donors (Lipinski definition) is 2. The number of ether oxygens (including phenoxy) is 2. The Hall–Kier alpha value is -3.41. The Balaban J connectivity index is 1.61. The standard InChI is InChI=1S/C25H31N3O3/c1-19(21-8-5-4-6-9-21)28-25(27-16-14-22-10-7-17-31-22)26-15-13-20-11-12-23(29-2)24(18-20)30-3/h4-12,17-19H,13-16H2,1-3H3,(H2,26,27,28). The summed E-state index contributed by atoms with van der Waals surface area (Å²) in [6.45, 7) is 3.51. The van der Waals surface area contributed by atoms with Crippen LogP contribution in [0.3, 0.4) is 0 Å². The van der Waals surface area contributed by atoms with E-state index in [2.05, 4.69) is 35.8 Å². The summed E-state index contributed by atoms with van der Waals surface area (Å²) in [7, 11) is 3.29. The number of nitrogens with one attached hydrogen (secondary N) is 2. The summed E-state index contributed by atoms with van der Waals surface area (Å²) in [4.78, 5) is 4.75. The van der Waals surface area contributed by atoms with Crippen LogP contribution in [0.15, 0.2) is 76.3 Å². The first kappa shape index (κ1) is 22.3. The molecule has 0 aliphatic heterocycles. The molecule has 31 heavy (non-hydrogen) atoms. The number of benzene rings is 2. The number of hydrogen-bond acceptors (Lipinski definition) is 4. The molecule has 0 amide bonds. The first-order valence-corrected chi connectivity index (χ1v) is 10.5. The van der Waals surface area contributed by atoms with E-state index in [1.54, 1.807) is 20.5 Å². The molecule has 164 valence electrons. The number of rotatable bonds is 10. The van der Waals surface area contributed by atoms with Crippen LogP contribution in [-0.2, 0) is 12.8 Å². The molecule has 0 spiro atoms. The van der Waals surface area contributed by atoms with Crippen molar-refractivity contribution in [3.8, 4) is 11.5 Å². The zero-order chi connectivity index (χ0) is 21.9. The highest BCUT2D eigenvalue weighted by Gasteiger charge is 2.09. The Morgan fingerprint density at radius 1 is 0.968 bits per heavy atom. The van der Waals surface area contributed by atoms with Gasteiger partial charge in [-0.05, 0) is 48.7 Å². The number of furan rings is 1. The molecule has 3 aromatic rings. The van der Waals surface area contributed by atoms with Crippen LogP contribution in [0.2, 0.25) is 0 Å². The van der Waals surface area contributed by atoms with Gasteiger partial charge in [-0.15, -0.1) is 0 Å². The largest absolute Gasteiger partial charge is 0.493 e. The summed E-state index contributed by atoms with van der Waals surface area (Å²) in [6.07, 6.45) is 3.28. The lowest BCUT2D eigenvalue weighted by atomic mass is 10.1. The molecule has 0 radical (unpaired) electrons. The van der Waals surface area contributed by atoms with Crippen LogP contribution in [0.1, 0.15) is 29.9 Å². The minimum Gasteiger partial charge on any atom is -0.493 e. The summed E-state index contributed by atoms with van der Waals surface area (Å²) in [6, 6.07) is 20.3. The molecule has 6 nitrogen and oxygen atoms in total. The van der Waals surface area contributed by atoms with Gasteiger partial charge >= 0.3 is 0 Å². The van der Waals surface area contributed by atoms with E-state index in [0.717, 1.165) is 48.2 Å². The van der Waals surface area contributed by atoms with E-state index in [4.69, 9.17) is 18.9 Å². The third-order valence-electron chi connectivity index (χ3n) is 5.02. The fourth-order valence-corrected chi connectivity index (χ4v) is 3.28. The lowest BCUT2D eigenvalue weighted by Gasteiger charge is -2.19. The van der Waals surface area contributed by atoms with Crippen LogP contribution in [0, 0.1) is 0 Å². The molecule has 0 bridgehead atoms. The van der Waals surface area contributed by atoms with E-state index in [1.165, 1.54) is 5.56 Å². The molecule has 2 N–H and O–H groups in total. The molecule has 1 aromatic heterocycles. The van der Waals surface area contributed by atoms with Gasteiger partial charge in [0.15, 0.2) is 17.5 Å². The van der Waals surface area contributed by atoms with E-state index in [0.29, 0.717) is 6.54 Å². The van der Waals surface area contributed by atoms with Gasteiger partial charge in [0.05, 0.1) is 26.5 Å². The highest BCUT2D eigenvalue weighted by Crippen LogP contribution is 2.27. The van der Waals surface area contributed by atoms with Crippen LogP contribution < -0.4 is 20.1 Å². The molecule has 0 aliphatic rings. The van der Waals surface area contributed by atoms with Gasteiger partial charge in [-0.3, -0.25) is 4.99 Å². The molecule has 0 fully saturated rings. The lowest BCUT2D eigenvalue weighted by Crippen LogP contribution is -2.40. The zero-order valence-corrected chi connectivity index (χ0v) is 18.4. The van der Waals surface area contributed by atoms with Crippen LogP contribution >= 0.6 is 0 Å². The second-order valence-corrected chi connectivity index (χ2v) is 7.20. The maximum absolute atomic E-state index is 5.41. The van der Waals surface area contributed by atoms with Gasteiger partial charge in [-0.2, -0.15) is 0 Å². The average molecular weight is 422 g/mol. The van der Waals surface area contributed by atoms with E-state index in [1.807, 2.05) is 42.5 Å². The van der Waals surface area contributed by atoms with Crippen LogP contribution in [-0.4, -0.2) is 33.3 Å². The van der Waals surface area contributed by atoms with E-state index in [9.17, 15) is 0 Å². The number of methoxy groups -OCH3 is 2. The third-order valence-corrected chi connectivity index (χ3v) is 5.02. The Morgan fingerprint density at radius 3 is 2.48 bits per heavy atom. The van der Waals surface area contributed by atoms with Crippen molar-refractivity contribution in [1.82, 2.24) is 10.6 Å². The van der Waals surface area contributed by atoms with Crippen molar-refractivity contribution in [2.75, 3.05) is 27.3 Å². The van der Waals surface area contributed by atoms with Crippen molar-refractivity contribution in [2.24, 2.45) is 4.99 Å². The van der Waals surface area contributed by atoms with Crippen LogP contribution in [0.5, 0.6) is 11.5 Å². The maximum Gasteiger partial charge on any atom is 0.191 e. The van der Waals surface area contributed by atoms with Crippen LogP contribution in [0.4, 0.5) is 0 Å². The summed E-state index contributed by atoms with van der Waals surface area (Å²) in [5, 5.41) is 6.96. The SMILES string of the molecule is COc1ccc(CCNC(=NCCc2ccco2)NC(C)c2ccccc2)cc1OC. The summed E-state index contributed by atoms with van der Waals surface area (Å²) in [5.74, 6) is 3.19. The topological polar surface area (TPSA) is 68.0 Å². The minimum absolute atomic E-state index is 0.136. The molecular formula is C25H31N3O3. The zero-order valence-electron chi connectivity index (χ0n) is 18.4. The fourth-order valence-electron chi connectivity index (χ4n) is 3.28. The number of aliphatic imine (C=N–C) groups is 1. The Bertz CT molecular complexity index is 940. The minimum atomic E-state index is 0.136. The monoisotopic (exact) mass is 421 g/mol. The summed E-state index contributed by atoms with van der Waals surface area (Å²) >= 11 is 0. The molecule has 0 saturated heterocycles. The molecule has 1 atom stereocenters. The first-order valence-electron chi connectivity index (χ1n) is 10.5. The predicted octanol–water partition coefficient (Wildman–Crippen LogP) is 4.38. The molecule has 0 aliphatic carbocycles. The molecule has 0 saturated carbocycles. The average Bonchev–Trinajstić information content (AvgIpc) is 3.33. The van der Waals surface area contributed by atoms with Crippen LogP contribution in [0.25, 0.3) is 0 Å². The van der Waals surface area contributed by atoms with Gasteiger partial charge in [0.25, 0.3) is 0 Å². The first-order chi connectivity index (χ1) is 15.2. The molecule has 1 unspecified atom stereocenters. The van der Waals surface area contributed by atoms with Gasteiger partial charge < -0.3 is 24.5 Å². The normalized spacial score (nSPS) is 12.3. The van der Waals surface area contributed by atoms with Gasteiger partial charge in [-0.1, -0.05) is 36.4 Å². The van der Waals surface area contributed by atoms with Crippen molar-refractivity contribution in [3.05, 3.63) is 83.8 Å². The van der Waals surface area contributed by atoms with E-state index in [-0.39, 0.29) is 6.04 Å². The van der Waals surface area contributed by atoms with Gasteiger partial charge in [0.2, 0.25) is 0 Å². The maximum atomic E-state index is 5.41. The van der Waals surface area contributed by atoms with Gasteiger partial charge in [0, 0.05) is 19.5 Å². The number of guanidine groups is 1. The quantitative estimate of drug-likeness (QED) is 0.376. The fraction of sp³-hybridized carbons (Fsp3) is 0.320. The number of nitrogens with zero attached hydrogens (tertiary/aromatic N) is 1. The highest BCUT2D eigenvalue weighted by molar-refractivity contribution is 5.80. The molecule has 6 heteroatoms. The molecular weight excluding hydrogens is 390 g/mol. The smallest absolute Gasteiger partial charge is 0.191 e. The Morgan fingerprint density at radius 2 is 1.77 bits per heavy atom. The summed E-state index contributed by atoms with van der Waals surface area (Å²) < 4.78 is 16.1. The summed E-state index contributed by atoms with van der Waals surface area (Å²) in [5.41, 5.74) is 2.37. The van der Waals surface area contributed by atoms with Gasteiger partial charge in [-0.25, -0.2) is 0 Å². The third kappa shape index (κ3) is 6.81. The van der Waals surface area contributed by atoms with Crippen molar-refractivity contribution in [1.29, 1.82) is 0 Å². The van der Waals surface area contributed by atoms with E-state index < -0.39 is 0 Å². The van der Waals surface area contributed by atoms with E-state index >= 15 is 0 Å². The highest BCUT2D eigenvalue weighted by atomic mass is 16.5. The van der Waals surface area contributed by atoms with Gasteiger partial charge in [0.1, 0.15) is 5.76 Å².